The van der Waals surface area contributed by atoms with Gasteiger partial charge in [-0.3, -0.25) is 4.79 Å². The third-order valence-corrected chi connectivity index (χ3v) is 7.30. The van der Waals surface area contributed by atoms with Gasteiger partial charge in [-0.2, -0.15) is 24.5 Å². The molecule has 0 spiro atoms. The maximum Gasteiger partial charge on any atom is 0.417 e. The van der Waals surface area contributed by atoms with E-state index >= 15 is 0 Å². The van der Waals surface area contributed by atoms with Gasteiger partial charge in [0.25, 0.3) is 5.91 Å². The van der Waals surface area contributed by atoms with Gasteiger partial charge in [-0.05, 0) is 56.2 Å². The van der Waals surface area contributed by atoms with E-state index in [0.29, 0.717) is 18.7 Å². The smallest absolute Gasteiger partial charge is 0.327 e. The molecule has 0 radical (unpaired) electrons. The number of carbonyl (C=O) groups excluding carboxylic acids is 1. The molecule has 2 aromatic heterocycles. The average molecular weight is 478 g/mol. The fourth-order valence-corrected chi connectivity index (χ4v) is 5.83. The Labute approximate surface area is 192 Å². The number of benzene rings is 1. The van der Waals surface area contributed by atoms with Gasteiger partial charge in [0.2, 0.25) is 0 Å². The van der Waals surface area contributed by atoms with Gasteiger partial charge in [0.05, 0.1) is 33.6 Å². The van der Waals surface area contributed by atoms with E-state index in [4.69, 9.17) is 16.6 Å². The standard InChI is InChI=1S/C23H19ClF3N3OS/c1-12-28-20(13-8-9-32-11-13)16-10-14-4-2-7-18(21(16)29-12)30(14)22(31)15-5-3-6-17(19(15)24)23(25,26)27/h3,5-6,8-9,11,14,18H,2,4,7,10H2,1H3. The maximum atomic E-state index is 13.6. The van der Waals surface area contributed by atoms with Crippen LogP contribution in [0.2, 0.25) is 5.02 Å². The summed E-state index contributed by atoms with van der Waals surface area (Å²) >= 11 is 7.68. The predicted molar refractivity (Wildman–Crippen MR) is 117 cm³/mol. The number of carbonyl (C=O) groups is 1. The molecule has 0 N–H and O–H groups in total. The molecule has 1 aromatic carbocycles. The minimum Gasteiger partial charge on any atom is -0.327 e. The van der Waals surface area contributed by atoms with E-state index in [1.807, 2.05) is 23.8 Å². The number of nitrogens with zero attached hydrogens (tertiary/aromatic N) is 3. The van der Waals surface area contributed by atoms with Gasteiger partial charge in [0.15, 0.2) is 0 Å². The molecular weight excluding hydrogens is 459 g/mol. The summed E-state index contributed by atoms with van der Waals surface area (Å²) in [4.78, 5) is 24.6. The number of fused-ring (bicyclic) bond motifs is 4. The van der Waals surface area contributed by atoms with Crippen LogP contribution in [-0.4, -0.2) is 26.8 Å². The Morgan fingerprint density at radius 1 is 1.22 bits per heavy atom. The zero-order chi connectivity index (χ0) is 22.6. The minimum atomic E-state index is -4.63. The summed E-state index contributed by atoms with van der Waals surface area (Å²) in [5.41, 5.74) is 2.62. The summed E-state index contributed by atoms with van der Waals surface area (Å²) in [6.45, 7) is 1.82. The van der Waals surface area contributed by atoms with Gasteiger partial charge >= 0.3 is 6.18 Å². The van der Waals surface area contributed by atoms with Crippen molar-refractivity contribution in [3.63, 3.8) is 0 Å². The lowest BCUT2D eigenvalue weighted by atomic mass is 9.80. The summed E-state index contributed by atoms with van der Waals surface area (Å²) in [5, 5.41) is 3.48. The SMILES string of the molecule is Cc1nc(-c2ccsc2)c2c(n1)C1CCCC(C2)N1C(=O)c1cccc(C(F)(F)F)c1Cl. The lowest BCUT2D eigenvalue weighted by Crippen LogP contribution is -2.50. The third kappa shape index (κ3) is 3.49. The Balaban J connectivity index is 1.60. The van der Waals surface area contributed by atoms with Crippen LogP contribution in [0.25, 0.3) is 11.3 Å². The van der Waals surface area contributed by atoms with Crippen LogP contribution in [0.5, 0.6) is 0 Å². The van der Waals surface area contributed by atoms with Gasteiger partial charge < -0.3 is 4.90 Å². The second kappa shape index (κ2) is 7.85. The van der Waals surface area contributed by atoms with E-state index in [2.05, 4.69) is 4.98 Å². The Hall–Kier alpha value is -2.45. The molecule has 5 rings (SSSR count). The minimum absolute atomic E-state index is 0.120. The molecule has 2 aliphatic rings. The zero-order valence-corrected chi connectivity index (χ0v) is 18.7. The first-order chi connectivity index (χ1) is 15.3. The van der Waals surface area contributed by atoms with Crippen molar-refractivity contribution >= 4 is 28.8 Å². The van der Waals surface area contributed by atoms with Crippen molar-refractivity contribution in [2.24, 2.45) is 0 Å². The van der Waals surface area contributed by atoms with E-state index in [1.54, 1.807) is 16.2 Å². The van der Waals surface area contributed by atoms with Crippen LogP contribution in [0.3, 0.4) is 0 Å². The summed E-state index contributed by atoms with van der Waals surface area (Å²) in [7, 11) is 0. The van der Waals surface area contributed by atoms with Crippen molar-refractivity contribution in [3.05, 3.63) is 68.3 Å². The number of alkyl halides is 3. The van der Waals surface area contributed by atoms with Gasteiger partial charge in [-0.25, -0.2) is 9.97 Å². The third-order valence-electron chi connectivity index (χ3n) is 6.21. The first kappa shape index (κ1) is 21.4. The second-order valence-electron chi connectivity index (χ2n) is 8.18. The summed E-state index contributed by atoms with van der Waals surface area (Å²) in [6.07, 6.45) is -1.66. The molecule has 3 aromatic rings. The highest BCUT2D eigenvalue weighted by Gasteiger charge is 2.44. The number of aromatic nitrogens is 2. The van der Waals surface area contributed by atoms with Crippen LogP contribution in [0, 0.1) is 6.92 Å². The van der Waals surface area contributed by atoms with Crippen LogP contribution >= 0.6 is 22.9 Å². The lowest BCUT2D eigenvalue weighted by Gasteiger charge is -2.46. The van der Waals surface area contributed by atoms with Crippen molar-refractivity contribution < 1.29 is 18.0 Å². The number of rotatable bonds is 2. The Bertz CT molecular complexity index is 1200. The number of piperidine rings is 1. The molecule has 2 atom stereocenters. The topological polar surface area (TPSA) is 46.1 Å². The highest BCUT2D eigenvalue weighted by atomic mass is 35.5. The van der Waals surface area contributed by atoms with Gasteiger partial charge in [-0.15, -0.1) is 0 Å². The van der Waals surface area contributed by atoms with Crippen molar-refractivity contribution in [1.82, 2.24) is 14.9 Å². The van der Waals surface area contributed by atoms with Gasteiger partial charge in [0.1, 0.15) is 5.82 Å². The molecule has 4 nitrogen and oxygen atoms in total. The molecule has 2 unspecified atom stereocenters. The molecule has 4 heterocycles. The van der Waals surface area contributed by atoms with Gasteiger partial charge in [-0.1, -0.05) is 17.7 Å². The van der Waals surface area contributed by atoms with Crippen LogP contribution in [-0.2, 0) is 12.6 Å². The Morgan fingerprint density at radius 2 is 2.03 bits per heavy atom. The van der Waals surface area contributed by atoms with Crippen LogP contribution in [0.1, 0.15) is 58.3 Å². The van der Waals surface area contributed by atoms with Crippen LogP contribution in [0.4, 0.5) is 13.2 Å². The molecule has 2 aliphatic heterocycles. The molecule has 32 heavy (non-hydrogen) atoms. The van der Waals surface area contributed by atoms with Crippen molar-refractivity contribution in [2.45, 2.75) is 50.9 Å². The monoisotopic (exact) mass is 477 g/mol. The molecular formula is C23H19ClF3N3OS. The molecule has 0 aliphatic carbocycles. The number of amides is 1. The number of thiophene rings is 1. The van der Waals surface area contributed by atoms with Crippen LogP contribution < -0.4 is 0 Å². The normalized spacial score (nSPS) is 20.2. The summed E-state index contributed by atoms with van der Waals surface area (Å²) < 4.78 is 40.1. The summed E-state index contributed by atoms with van der Waals surface area (Å²) in [6, 6.07) is 5.07. The van der Waals surface area contributed by atoms with E-state index in [1.165, 1.54) is 12.1 Å². The predicted octanol–water partition coefficient (Wildman–Crippen LogP) is 6.48. The molecule has 1 amide bonds. The molecule has 1 saturated heterocycles. The molecule has 2 bridgehead atoms. The zero-order valence-electron chi connectivity index (χ0n) is 17.1. The van der Waals surface area contributed by atoms with Gasteiger partial charge in [0, 0.05) is 22.5 Å². The highest BCUT2D eigenvalue weighted by Crippen LogP contribution is 2.45. The number of halogens is 4. The second-order valence-corrected chi connectivity index (χ2v) is 9.34. The molecule has 0 saturated carbocycles. The summed E-state index contributed by atoms with van der Waals surface area (Å²) in [5.74, 6) is 0.133. The fourth-order valence-electron chi connectivity index (χ4n) is 4.88. The number of hydrogen-bond donors (Lipinski definition) is 0. The quantitative estimate of drug-likeness (QED) is 0.424. The Kier molecular flexibility index (Phi) is 5.25. The Morgan fingerprint density at radius 3 is 2.75 bits per heavy atom. The van der Waals surface area contributed by atoms with Crippen LogP contribution in [0.15, 0.2) is 35.0 Å². The van der Waals surface area contributed by atoms with Crippen molar-refractivity contribution in [2.75, 3.05) is 0 Å². The van der Waals surface area contributed by atoms with Crippen molar-refractivity contribution in [3.8, 4) is 11.3 Å². The lowest BCUT2D eigenvalue weighted by molar-refractivity contribution is -0.137. The van der Waals surface area contributed by atoms with E-state index in [9.17, 15) is 18.0 Å². The molecule has 1 fully saturated rings. The maximum absolute atomic E-state index is 13.6. The number of hydrogen-bond acceptors (Lipinski definition) is 4. The number of aryl methyl sites for hydroxylation is 1. The molecule has 166 valence electrons. The average Bonchev–Trinajstić information content (AvgIpc) is 3.27. The first-order valence-corrected chi connectivity index (χ1v) is 11.7. The largest absolute Gasteiger partial charge is 0.417 e. The molecule has 9 heteroatoms. The highest BCUT2D eigenvalue weighted by molar-refractivity contribution is 7.08. The van der Waals surface area contributed by atoms with Crippen molar-refractivity contribution in [1.29, 1.82) is 0 Å². The van der Waals surface area contributed by atoms with E-state index < -0.39 is 22.7 Å². The fraction of sp³-hybridized carbons (Fsp3) is 0.348. The van der Waals surface area contributed by atoms with E-state index in [-0.39, 0.29) is 17.6 Å². The van der Waals surface area contributed by atoms with E-state index in [0.717, 1.165) is 41.4 Å². The first-order valence-electron chi connectivity index (χ1n) is 10.3.